The van der Waals surface area contributed by atoms with Crippen LogP contribution in [0.1, 0.15) is 10.4 Å². The number of carboxylic acids is 1. The van der Waals surface area contributed by atoms with Crippen molar-refractivity contribution in [3.05, 3.63) is 28.8 Å². The molecule has 0 radical (unpaired) electrons. The van der Waals surface area contributed by atoms with Gasteiger partial charge >= 0.3 is 12.0 Å². The molecule has 114 valence electrons. The smallest absolute Gasteiger partial charge is 0.337 e. The molecule has 2 rings (SSSR count). The van der Waals surface area contributed by atoms with Gasteiger partial charge in [0.2, 0.25) is 0 Å². The number of amides is 2. The van der Waals surface area contributed by atoms with Gasteiger partial charge in [0.1, 0.15) is 0 Å². The molecule has 0 aromatic heterocycles. The zero-order chi connectivity index (χ0) is 15.2. The van der Waals surface area contributed by atoms with E-state index in [1.165, 1.54) is 18.2 Å². The van der Waals surface area contributed by atoms with Gasteiger partial charge in [-0.2, -0.15) is 0 Å². The Labute approximate surface area is 126 Å². The highest BCUT2D eigenvalue weighted by Crippen LogP contribution is 2.20. The summed E-state index contributed by atoms with van der Waals surface area (Å²) in [6.07, 6.45) is -0.177. The van der Waals surface area contributed by atoms with E-state index in [0.29, 0.717) is 32.1 Å². The molecule has 1 aliphatic heterocycles. The zero-order valence-corrected chi connectivity index (χ0v) is 11.9. The summed E-state index contributed by atoms with van der Waals surface area (Å²) in [5.41, 5.74) is 0.272. The van der Waals surface area contributed by atoms with Crippen LogP contribution in [-0.4, -0.2) is 49.6 Å². The molecule has 1 heterocycles. The summed E-state index contributed by atoms with van der Waals surface area (Å²) in [5.74, 6) is -1.16. The van der Waals surface area contributed by atoms with Crippen molar-refractivity contribution >= 4 is 29.3 Å². The second kappa shape index (κ2) is 7.26. The molecular formula is C13H15ClN2O5. The number of ether oxygens (including phenoxy) is 2. The first-order valence-electron chi connectivity index (χ1n) is 6.33. The van der Waals surface area contributed by atoms with Crippen molar-refractivity contribution in [1.29, 1.82) is 0 Å². The van der Waals surface area contributed by atoms with Crippen LogP contribution in [0, 0.1) is 0 Å². The van der Waals surface area contributed by atoms with Gasteiger partial charge in [-0.15, -0.1) is 0 Å². The van der Waals surface area contributed by atoms with E-state index in [1.54, 1.807) is 0 Å². The Morgan fingerprint density at radius 3 is 2.86 bits per heavy atom. The largest absolute Gasteiger partial charge is 0.478 e. The Morgan fingerprint density at radius 1 is 1.38 bits per heavy atom. The van der Waals surface area contributed by atoms with Gasteiger partial charge < -0.3 is 25.2 Å². The van der Waals surface area contributed by atoms with E-state index in [9.17, 15) is 9.59 Å². The van der Waals surface area contributed by atoms with E-state index >= 15 is 0 Å². The Balaban J connectivity index is 1.87. The minimum atomic E-state index is -1.16. The van der Waals surface area contributed by atoms with Gasteiger partial charge in [-0.3, -0.25) is 0 Å². The first-order valence-corrected chi connectivity index (χ1v) is 6.71. The lowest BCUT2D eigenvalue weighted by Gasteiger charge is -2.23. The first-order chi connectivity index (χ1) is 10.1. The van der Waals surface area contributed by atoms with E-state index in [2.05, 4.69) is 10.6 Å². The number of benzene rings is 1. The molecule has 2 amide bonds. The van der Waals surface area contributed by atoms with Crippen LogP contribution < -0.4 is 10.6 Å². The molecule has 0 saturated carbocycles. The molecule has 21 heavy (non-hydrogen) atoms. The number of halogens is 1. The molecule has 0 aliphatic carbocycles. The van der Waals surface area contributed by atoms with Crippen LogP contribution in [0.5, 0.6) is 0 Å². The molecule has 1 fully saturated rings. The third-order valence-corrected chi connectivity index (χ3v) is 3.16. The second-order valence-electron chi connectivity index (χ2n) is 4.40. The van der Waals surface area contributed by atoms with Crippen molar-refractivity contribution in [1.82, 2.24) is 5.32 Å². The summed E-state index contributed by atoms with van der Waals surface area (Å²) in [7, 11) is 0. The fourth-order valence-electron chi connectivity index (χ4n) is 1.80. The number of carboxylic acid groups (broad SMARTS) is 1. The highest BCUT2D eigenvalue weighted by Gasteiger charge is 2.15. The van der Waals surface area contributed by atoms with Gasteiger partial charge in [0.05, 0.1) is 36.5 Å². The highest BCUT2D eigenvalue weighted by atomic mass is 35.5. The molecule has 1 atom stereocenters. The van der Waals surface area contributed by atoms with Gasteiger partial charge in [-0.25, -0.2) is 9.59 Å². The van der Waals surface area contributed by atoms with E-state index in [0.717, 1.165) is 0 Å². The van der Waals surface area contributed by atoms with E-state index in [-0.39, 0.29) is 16.7 Å². The maximum absolute atomic E-state index is 11.7. The SMILES string of the molecule is O=C(NCC1COCCO1)Nc1ccc(Cl)c(C(=O)O)c1. The third-order valence-electron chi connectivity index (χ3n) is 2.83. The normalized spacial score (nSPS) is 18.0. The van der Waals surface area contributed by atoms with Crippen LogP contribution >= 0.6 is 11.6 Å². The predicted octanol–water partition coefficient (Wildman–Crippen LogP) is 1.58. The second-order valence-corrected chi connectivity index (χ2v) is 4.81. The molecule has 7 nitrogen and oxygen atoms in total. The van der Waals surface area contributed by atoms with Crippen LogP contribution in [0.15, 0.2) is 18.2 Å². The Morgan fingerprint density at radius 2 is 2.19 bits per heavy atom. The van der Waals surface area contributed by atoms with E-state index < -0.39 is 12.0 Å². The fourth-order valence-corrected chi connectivity index (χ4v) is 2.00. The van der Waals surface area contributed by atoms with Crippen LogP contribution in [-0.2, 0) is 9.47 Å². The molecule has 8 heteroatoms. The summed E-state index contributed by atoms with van der Waals surface area (Å²) < 4.78 is 10.6. The highest BCUT2D eigenvalue weighted by molar-refractivity contribution is 6.33. The number of rotatable bonds is 4. The van der Waals surface area contributed by atoms with Crippen LogP contribution in [0.4, 0.5) is 10.5 Å². The monoisotopic (exact) mass is 314 g/mol. The van der Waals surface area contributed by atoms with Crippen molar-refractivity contribution < 1.29 is 24.2 Å². The van der Waals surface area contributed by atoms with Crippen molar-refractivity contribution in [3.63, 3.8) is 0 Å². The zero-order valence-electron chi connectivity index (χ0n) is 11.1. The lowest BCUT2D eigenvalue weighted by molar-refractivity contribution is -0.0852. The van der Waals surface area contributed by atoms with Crippen molar-refractivity contribution in [2.45, 2.75) is 6.10 Å². The number of aromatic carboxylic acids is 1. The van der Waals surface area contributed by atoms with Gasteiger partial charge in [0, 0.05) is 12.2 Å². The number of carbonyl (C=O) groups excluding carboxylic acids is 1. The minimum Gasteiger partial charge on any atom is -0.478 e. The summed E-state index contributed by atoms with van der Waals surface area (Å²) >= 11 is 5.75. The molecule has 1 unspecified atom stereocenters. The minimum absolute atomic E-state index is 0.0709. The topological polar surface area (TPSA) is 96.9 Å². The Bertz CT molecular complexity index is 531. The quantitative estimate of drug-likeness (QED) is 0.784. The summed E-state index contributed by atoms with van der Waals surface area (Å²) in [5, 5.41) is 14.2. The third kappa shape index (κ3) is 4.59. The summed E-state index contributed by atoms with van der Waals surface area (Å²) in [6.45, 7) is 1.81. The summed E-state index contributed by atoms with van der Waals surface area (Å²) in [6, 6.07) is 3.78. The number of urea groups is 1. The van der Waals surface area contributed by atoms with Gasteiger partial charge in [0.25, 0.3) is 0 Å². The molecule has 1 saturated heterocycles. The van der Waals surface area contributed by atoms with Gasteiger partial charge in [-0.1, -0.05) is 11.6 Å². The number of nitrogens with one attached hydrogen (secondary N) is 2. The lowest BCUT2D eigenvalue weighted by Crippen LogP contribution is -2.41. The molecule has 3 N–H and O–H groups in total. The Hall–Kier alpha value is -1.83. The van der Waals surface area contributed by atoms with Crippen molar-refractivity contribution in [2.75, 3.05) is 31.7 Å². The Kier molecular flexibility index (Phi) is 5.38. The molecule has 1 aliphatic rings. The maximum atomic E-state index is 11.7. The van der Waals surface area contributed by atoms with Gasteiger partial charge in [0.15, 0.2) is 0 Å². The average Bonchev–Trinajstić information content (AvgIpc) is 2.48. The maximum Gasteiger partial charge on any atom is 0.337 e. The lowest BCUT2D eigenvalue weighted by atomic mass is 10.2. The first kappa shape index (κ1) is 15.6. The van der Waals surface area contributed by atoms with Crippen LogP contribution in [0.25, 0.3) is 0 Å². The fraction of sp³-hybridized carbons (Fsp3) is 0.385. The number of carbonyl (C=O) groups is 2. The standard InChI is InChI=1S/C13H15ClN2O5/c14-11-2-1-8(5-10(11)12(17)18)16-13(19)15-6-9-7-20-3-4-21-9/h1-2,5,9H,3-4,6-7H2,(H,17,18)(H2,15,16,19). The number of hydrogen-bond donors (Lipinski definition) is 3. The van der Waals surface area contributed by atoms with Crippen LogP contribution in [0.2, 0.25) is 5.02 Å². The average molecular weight is 315 g/mol. The van der Waals surface area contributed by atoms with Gasteiger partial charge in [-0.05, 0) is 18.2 Å². The van der Waals surface area contributed by atoms with E-state index in [1.807, 2.05) is 0 Å². The predicted molar refractivity (Wildman–Crippen MR) is 76.0 cm³/mol. The van der Waals surface area contributed by atoms with Crippen molar-refractivity contribution in [2.24, 2.45) is 0 Å². The number of anilines is 1. The summed E-state index contributed by atoms with van der Waals surface area (Å²) in [4.78, 5) is 22.7. The van der Waals surface area contributed by atoms with E-state index in [4.69, 9.17) is 26.2 Å². The number of hydrogen-bond acceptors (Lipinski definition) is 4. The van der Waals surface area contributed by atoms with Crippen LogP contribution in [0.3, 0.4) is 0 Å². The molecule has 0 spiro atoms. The molecular weight excluding hydrogens is 300 g/mol. The molecule has 1 aromatic rings. The molecule has 0 bridgehead atoms. The molecule has 1 aromatic carbocycles. The van der Waals surface area contributed by atoms with Crippen molar-refractivity contribution in [3.8, 4) is 0 Å².